The molecular formula is C21H24N6O. The Hall–Kier alpha value is -2.72. The van der Waals surface area contributed by atoms with Crippen molar-refractivity contribution in [3.05, 3.63) is 41.7 Å². The lowest BCUT2D eigenvalue weighted by Gasteiger charge is -2.23. The first-order valence-corrected chi connectivity index (χ1v) is 10.2. The van der Waals surface area contributed by atoms with E-state index in [1.165, 1.54) is 12.8 Å². The highest BCUT2D eigenvalue weighted by molar-refractivity contribution is 5.83. The average Bonchev–Trinajstić information content (AvgIpc) is 3.13. The summed E-state index contributed by atoms with van der Waals surface area (Å²) in [5.41, 5.74) is 3.02. The van der Waals surface area contributed by atoms with Crippen LogP contribution in [-0.2, 0) is 11.2 Å². The van der Waals surface area contributed by atoms with Gasteiger partial charge in [-0.3, -0.25) is 4.79 Å². The number of piperidine rings is 1. The van der Waals surface area contributed by atoms with Crippen molar-refractivity contribution in [2.24, 2.45) is 5.92 Å². The Bertz CT molecular complexity index is 910. The zero-order valence-corrected chi connectivity index (χ0v) is 15.7. The molecule has 2 bridgehead atoms. The van der Waals surface area contributed by atoms with E-state index in [1.54, 1.807) is 4.68 Å². The Morgan fingerprint density at radius 2 is 2.11 bits per heavy atom. The number of aromatic nitrogens is 3. The normalized spacial score (nSPS) is 26.8. The van der Waals surface area contributed by atoms with E-state index in [2.05, 4.69) is 27.0 Å². The Balaban J connectivity index is 1.20. The van der Waals surface area contributed by atoms with Crippen molar-refractivity contribution < 1.29 is 4.79 Å². The first kappa shape index (κ1) is 17.4. The number of benzene rings is 1. The molecule has 28 heavy (non-hydrogen) atoms. The van der Waals surface area contributed by atoms with E-state index in [1.807, 2.05) is 30.5 Å². The molecule has 2 aliphatic carbocycles. The van der Waals surface area contributed by atoms with Gasteiger partial charge < -0.3 is 10.6 Å². The summed E-state index contributed by atoms with van der Waals surface area (Å²) in [6, 6.07) is 9.99. The second-order valence-corrected chi connectivity index (χ2v) is 8.34. The van der Waals surface area contributed by atoms with Gasteiger partial charge in [0, 0.05) is 18.4 Å². The van der Waals surface area contributed by atoms with E-state index in [0.29, 0.717) is 24.3 Å². The summed E-state index contributed by atoms with van der Waals surface area (Å²) in [5.74, 6) is 0.968. The van der Waals surface area contributed by atoms with Crippen molar-refractivity contribution in [1.82, 2.24) is 25.6 Å². The number of amides is 1. The number of hydrogen-bond donors (Lipinski definition) is 2. The van der Waals surface area contributed by atoms with Crippen LogP contribution in [0.2, 0.25) is 0 Å². The fourth-order valence-corrected chi connectivity index (χ4v) is 4.53. The van der Waals surface area contributed by atoms with Gasteiger partial charge in [-0.15, -0.1) is 5.10 Å². The van der Waals surface area contributed by atoms with Crippen LogP contribution in [0.25, 0.3) is 5.69 Å². The van der Waals surface area contributed by atoms with Crippen LogP contribution in [-0.4, -0.2) is 39.0 Å². The molecule has 0 spiro atoms. The minimum atomic E-state index is -0.521. The molecule has 5 rings (SSSR count). The first-order chi connectivity index (χ1) is 13.7. The number of nitriles is 1. The van der Waals surface area contributed by atoms with Gasteiger partial charge in [-0.2, -0.15) is 5.26 Å². The van der Waals surface area contributed by atoms with Gasteiger partial charge in [0.1, 0.15) is 6.04 Å². The quantitative estimate of drug-likeness (QED) is 0.802. The molecule has 2 saturated carbocycles. The molecule has 0 radical (unpaired) electrons. The summed E-state index contributed by atoms with van der Waals surface area (Å²) in [5, 5.41) is 24.3. The van der Waals surface area contributed by atoms with Crippen LogP contribution >= 0.6 is 0 Å². The minimum Gasteiger partial charge on any atom is -0.339 e. The zero-order chi connectivity index (χ0) is 19.1. The van der Waals surface area contributed by atoms with E-state index >= 15 is 0 Å². The van der Waals surface area contributed by atoms with Gasteiger partial charge in [-0.25, -0.2) is 4.68 Å². The fraction of sp³-hybridized carbons (Fsp3) is 0.524. The van der Waals surface area contributed by atoms with Crippen molar-refractivity contribution in [2.45, 2.75) is 62.6 Å². The molecule has 2 aromatic rings. The lowest BCUT2D eigenvalue weighted by Crippen LogP contribution is -2.50. The SMILES string of the molecule is N#C[C@H](Cc1ccc(-n2cc(C3CC3)nn2)cc1)NC(=O)[C@H]1N[C@@H]2CC[C@H]1C2. The summed E-state index contributed by atoms with van der Waals surface area (Å²) in [6.07, 6.45) is 8.26. The van der Waals surface area contributed by atoms with Crippen molar-refractivity contribution in [3.63, 3.8) is 0 Å². The molecule has 1 aromatic heterocycles. The maximum absolute atomic E-state index is 12.6. The third-order valence-electron chi connectivity index (χ3n) is 6.26. The largest absolute Gasteiger partial charge is 0.339 e. The smallest absolute Gasteiger partial charge is 0.238 e. The van der Waals surface area contributed by atoms with E-state index in [-0.39, 0.29) is 11.9 Å². The van der Waals surface area contributed by atoms with Crippen LogP contribution in [0.15, 0.2) is 30.5 Å². The second-order valence-electron chi connectivity index (χ2n) is 8.34. The average molecular weight is 376 g/mol. The minimum absolute atomic E-state index is 0.0365. The number of nitrogens with one attached hydrogen (secondary N) is 2. The molecule has 144 valence electrons. The molecule has 3 fully saturated rings. The highest BCUT2D eigenvalue weighted by Gasteiger charge is 2.43. The number of nitrogens with zero attached hydrogens (tertiary/aromatic N) is 4. The van der Waals surface area contributed by atoms with Gasteiger partial charge in [0.25, 0.3) is 0 Å². The standard InChI is InChI=1S/C21H24N6O/c22-11-17(24-21(28)20-15-5-6-16(10-15)23-20)9-13-1-7-18(8-2-13)27-12-19(25-26-27)14-3-4-14/h1-2,7-8,12,14-17,20,23H,3-6,9-10H2,(H,24,28)/t15-,16+,17-,20-/m0/s1. The number of rotatable bonds is 6. The maximum Gasteiger partial charge on any atom is 0.238 e. The third-order valence-corrected chi connectivity index (χ3v) is 6.26. The summed E-state index contributed by atoms with van der Waals surface area (Å²) in [4.78, 5) is 12.6. The van der Waals surface area contributed by atoms with Crippen LogP contribution in [0.4, 0.5) is 0 Å². The Morgan fingerprint density at radius 1 is 1.29 bits per heavy atom. The van der Waals surface area contributed by atoms with Gasteiger partial charge in [0.05, 0.1) is 29.7 Å². The molecular weight excluding hydrogens is 352 g/mol. The molecule has 2 heterocycles. The summed E-state index contributed by atoms with van der Waals surface area (Å²) in [6.45, 7) is 0. The van der Waals surface area contributed by atoms with Crippen LogP contribution in [0.5, 0.6) is 0 Å². The Kier molecular flexibility index (Phi) is 4.36. The van der Waals surface area contributed by atoms with Crippen molar-refractivity contribution in [1.29, 1.82) is 5.26 Å². The lowest BCUT2D eigenvalue weighted by atomic mass is 9.98. The molecule has 1 saturated heterocycles. The zero-order valence-electron chi connectivity index (χ0n) is 15.7. The number of carbonyl (C=O) groups is 1. The summed E-state index contributed by atoms with van der Waals surface area (Å²) in [7, 11) is 0. The molecule has 1 aromatic carbocycles. The first-order valence-electron chi connectivity index (χ1n) is 10.2. The van der Waals surface area contributed by atoms with Crippen molar-refractivity contribution in [3.8, 4) is 11.8 Å². The molecule has 4 atom stereocenters. The van der Waals surface area contributed by atoms with Crippen LogP contribution < -0.4 is 10.6 Å². The van der Waals surface area contributed by atoms with Crippen LogP contribution in [0.1, 0.15) is 49.3 Å². The van der Waals surface area contributed by atoms with Crippen molar-refractivity contribution in [2.75, 3.05) is 0 Å². The Morgan fingerprint density at radius 3 is 2.75 bits per heavy atom. The van der Waals surface area contributed by atoms with E-state index in [4.69, 9.17) is 0 Å². The Labute approximate surface area is 164 Å². The van der Waals surface area contributed by atoms with Gasteiger partial charge in [0.2, 0.25) is 5.91 Å². The van der Waals surface area contributed by atoms with Crippen LogP contribution in [0.3, 0.4) is 0 Å². The van der Waals surface area contributed by atoms with Crippen molar-refractivity contribution >= 4 is 5.91 Å². The van der Waals surface area contributed by atoms with Gasteiger partial charge in [-0.1, -0.05) is 17.3 Å². The summed E-state index contributed by atoms with van der Waals surface area (Å²) >= 11 is 0. The molecule has 7 heteroatoms. The molecule has 2 N–H and O–H groups in total. The van der Waals surface area contributed by atoms with Crippen LogP contribution in [0, 0.1) is 17.2 Å². The predicted octanol–water partition coefficient (Wildman–Crippen LogP) is 1.84. The van der Waals surface area contributed by atoms with E-state index in [9.17, 15) is 10.1 Å². The number of hydrogen-bond acceptors (Lipinski definition) is 5. The molecule has 1 aliphatic heterocycles. The highest BCUT2D eigenvalue weighted by Crippen LogP contribution is 2.38. The maximum atomic E-state index is 12.6. The topological polar surface area (TPSA) is 95.6 Å². The van der Waals surface area contributed by atoms with Gasteiger partial charge in [0.15, 0.2) is 0 Å². The van der Waals surface area contributed by atoms with Gasteiger partial charge >= 0.3 is 0 Å². The monoisotopic (exact) mass is 376 g/mol. The molecule has 3 aliphatic rings. The third kappa shape index (κ3) is 3.40. The second kappa shape index (κ2) is 7.02. The summed E-state index contributed by atoms with van der Waals surface area (Å²) < 4.78 is 1.79. The highest BCUT2D eigenvalue weighted by atomic mass is 16.2. The van der Waals surface area contributed by atoms with E-state index in [0.717, 1.165) is 36.2 Å². The molecule has 7 nitrogen and oxygen atoms in total. The van der Waals surface area contributed by atoms with Gasteiger partial charge in [-0.05, 0) is 55.7 Å². The predicted molar refractivity (Wildman–Crippen MR) is 103 cm³/mol. The van der Waals surface area contributed by atoms with E-state index < -0.39 is 6.04 Å². The number of carbonyl (C=O) groups excluding carboxylic acids is 1. The lowest BCUT2D eigenvalue weighted by molar-refractivity contribution is -0.124. The molecule has 1 amide bonds. The molecule has 0 unspecified atom stereocenters. The number of fused-ring (bicyclic) bond motifs is 2. The fourth-order valence-electron chi connectivity index (χ4n) is 4.53.